The molecule has 29 heavy (non-hydrogen) atoms. The van der Waals surface area contributed by atoms with Crippen LogP contribution < -0.4 is 10.2 Å². The minimum atomic E-state index is -0.231. The molecule has 1 unspecified atom stereocenters. The maximum Gasteiger partial charge on any atom is 0.254 e. The zero-order chi connectivity index (χ0) is 21.2. The Kier molecular flexibility index (Phi) is 6.44. The van der Waals surface area contributed by atoms with Crippen LogP contribution in [-0.2, 0) is 4.79 Å². The zero-order valence-electron chi connectivity index (χ0n) is 18.5. The molecule has 1 saturated carbocycles. The van der Waals surface area contributed by atoms with Gasteiger partial charge in [0.2, 0.25) is 11.9 Å². The number of nitrogens with zero attached hydrogens (tertiary/aromatic N) is 4. The zero-order valence-corrected chi connectivity index (χ0v) is 18.5. The van der Waals surface area contributed by atoms with Gasteiger partial charge in [-0.15, -0.1) is 0 Å². The number of nitrogens with one attached hydrogen (secondary N) is 1. The van der Waals surface area contributed by atoms with Crippen LogP contribution in [0.3, 0.4) is 0 Å². The van der Waals surface area contributed by atoms with E-state index in [1.54, 1.807) is 6.20 Å². The molecule has 0 spiro atoms. The van der Waals surface area contributed by atoms with E-state index in [0.29, 0.717) is 18.1 Å². The Bertz CT molecular complexity index is 756. The van der Waals surface area contributed by atoms with Gasteiger partial charge < -0.3 is 15.1 Å². The lowest BCUT2D eigenvalue weighted by atomic mass is 9.74. The summed E-state index contributed by atoms with van der Waals surface area (Å²) in [6.07, 6.45) is 7.92. The van der Waals surface area contributed by atoms with Crippen molar-refractivity contribution in [1.82, 2.24) is 20.2 Å². The first-order chi connectivity index (χ1) is 13.7. The number of rotatable bonds is 5. The summed E-state index contributed by atoms with van der Waals surface area (Å²) in [5, 5.41) is 2.95. The average Bonchev–Trinajstić information content (AvgIpc) is 3.16. The van der Waals surface area contributed by atoms with Gasteiger partial charge >= 0.3 is 0 Å². The van der Waals surface area contributed by atoms with Crippen LogP contribution in [-0.4, -0.2) is 59.9 Å². The third-order valence-electron chi connectivity index (χ3n) is 6.21. The van der Waals surface area contributed by atoms with Gasteiger partial charge in [-0.3, -0.25) is 9.59 Å². The molecule has 1 aromatic heterocycles. The third-order valence-corrected chi connectivity index (χ3v) is 6.21. The lowest BCUT2D eigenvalue weighted by molar-refractivity contribution is -0.142. The standard InChI is InChI=1S/C22H35N5O2/c1-15(2)24-19(28)17-13-23-21(26(4)5)25-18(17)16-9-12-27(14-16)20(29)22(3)10-7-6-8-11-22/h13,15-16H,6-12,14H2,1-5H3,(H,24,28). The van der Waals surface area contributed by atoms with E-state index in [-0.39, 0.29) is 29.2 Å². The maximum absolute atomic E-state index is 13.2. The second kappa shape index (κ2) is 8.67. The van der Waals surface area contributed by atoms with Gasteiger partial charge in [-0.25, -0.2) is 9.97 Å². The van der Waals surface area contributed by atoms with Gasteiger partial charge in [0, 0.05) is 50.8 Å². The number of carbonyl (C=O) groups is 2. The highest BCUT2D eigenvalue weighted by atomic mass is 16.2. The summed E-state index contributed by atoms with van der Waals surface area (Å²) < 4.78 is 0. The minimum Gasteiger partial charge on any atom is -0.350 e. The molecule has 160 valence electrons. The van der Waals surface area contributed by atoms with Crippen molar-refractivity contribution in [3.63, 3.8) is 0 Å². The molecule has 3 rings (SSSR count). The molecule has 0 aromatic carbocycles. The molecule has 2 aliphatic rings. The van der Waals surface area contributed by atoms with E-state index in [9.17, 15) is 9.59 Å². The number of aromatic nitrogens is 2. The monoisotopic (exact) mass is 401 g/mol. The van der Waals surface area contributed by atoms with Crippen molar-refractivity contribution in [1.29, 1.82) is 0 Å². The van der Waals surface area contributed by atoms with Crippen LogP contribution in [0.5, 0.6) is 0 Å². The first kappa shape index (κ1) is 21.5. The van der Waals surface area contributed by atoms with E-state index in [1.165, 1.54) is 6.42 Å². The quantitative estimate of drug-likeness (QED) is 0.821. The van der Waals surface area contributed by atoms with E-state index in [0.717, 1.165) is 44.3 Å². The SMILES string of the molecule is CC(C)NC(=O)c1cnc(N(C)C)nc1C1CCN(C(=O)C2(C)CCCCC2)C1. The van der Waals surface area contributed by atoms with Crippen LogP contribution in [0, 0.1) is 5.41 Å². The minimum absolute atomic E-state index is 0.0387. The van der Waals surface area contributed by atoms with Crippen molar-refractivity contribution in [2.75, 3.05) is 32.1 Å². The summed E-state index contributed by atoms with van der Waals surface area (Å²) >= 11 is 0. The average molecular weight is 402 g/mol. The van der Waals surface area contributed by atoms with E-state index in [4.69, 9.17) is 4.98 Å². The summed E-state index contributed by atoms with van der Waals surface area (Å²) in [6, 6.07) is 0.0387. The van der Waals surface area contributed by atoms with Crippen molar-refractivity contribution in [3.8, 4) is 0 Å². The van der Waals surface area contributed by atoms with Crippen molar-refractivity contribution in [3.05, 3.63) is 17.5 Å². The Balaban J connectivity index is 1.83. The molecule has 0 radical (unpaired) electrons. The molecule has 0 bridgehead atoms. The molecule has 1 aliphatic heterocycles. The van der Waals surface area contributed by atoms with Gasteiger partial charge in [-0.05, 0) is 33.1 Å². The van der Waals surface area contributed by atoms with Gasteiger partial charge in [0.1, 0.15) is 0 Å². The van der Waals surface area contributed by atoms with Gasteiger partial charge in [-0.2, -0.15) is 0 Å². The third kappa shape index (κ3) is 4.70. The lowest BCUT2D eigenvalue weighted by Crippen LogP contribution is -2.42. The molecule has 7 heteroatoms. The number of hydrogen-bond acceptors (Lipinski definition) is 5. The summed E-state index contributed by atoms with van der Waals surface area (Å²) in [4.78, 5) is 38.9. The summed E-state index contributed by atoms with van der Waals surface area (Å²) in [7, 11) is 3.78. The second-order valence-electron chi connectivity index (χ2n) is 9.35. The second-order valence-corrected chi connectivity index (χ2v) is 9.35. The van der Waals surface area contributed by atoms with Gasteiger partial charge in [0.15, 0.2) is 0 Å². The van der Waals surface area contributed by atoms with Gasteiger partial charge in [0.05, 0.1) is 11.3 Å². The van der Waals surface area contributed by atoms with Crippen LogP contribution in [0.1, 0.15) is 81.3 Å². The predicted molar refractivity (Wildman–Crippen MR) is 114 cm³/mol. The first-order valence-corrected chi connectivity index (χ1v) is 10.9. The largest absolute Gasteiger partial charge is 0.350 e. The van der Waals surface area contributed by atoms with Gasteiger partial charge in [-0.1, -0.05) is 26.2 Å². The van der Waals surface area contributed by atoms with Crippen molar-refractivity contribution in [2.45, 2.75) is 71.3 Å². The summed E-state index contributed by atoms with van der Waals surface area (Å²) in [5.41, 5.74) is 1.05. The molecule has 1 saturated heterocycles. The summed E-state index contributed by atoms with van der Waals surface area (Å²) in [5.74, 6) is 0.768. The van der Waals surface area contributed by atoms with Crippen LogP contribution in [0.2, 0.25) is 0 Å². The van der Waals surface area contributed by atoms with Crippen molar-refractivity contribution in [2.24, 2.45) is 5.41 Å². The number of likely N-dealkylation sites (tertiary alicyclic amines) is 1. The van der Waals surface area contributed by atoms with Crippen LogP contribution in [0.4, 0.5) is 5.95 Å². The number of anilines is 1. The molecule has 1 aliphatic carbocycles. The highest BCUT2D eigenvalue weighted by Gasteiger charge is 2.41. The topological polar surface area (TPSA) is 78.4 Å². The molecular weight excluding hydrogens is 366 g/mol. The smallest absolute Gasteiger partial charge is 0.254 e. The summed E-state index contributed by atoms with van der Waals surface area (Å²) in [6.45, 7) is 7.35. The molecule has 1 N–H and O–H groups in total. The highest BCUT2D eigenvalue weighted by Crippen LogP contribution is 2.39. The fraction of sp³-hybridized carbons (Fsp3) is 0.727. The number of amides is 2. The Hall–Kier alpha value is -2.18. The van der Waals surface area contributed by atoms with E-state index < -0.39 is 0 Å². The van der Waals surface area contributed by atoms with Crippen molar-refractivity contribution < 1.29 is 9.59 Å². The molecular formula is C22H35N5O2. The Labute approximate surface area is 174 Å². The van der Waals surface area contributed by atoms with E-state index in [2.05, 4.69) is 17.2 Å². The fourth-order valence-electron chi connectivity index (χ4n) is 4.52. The Morgan fingerprint density at radius 2 is 1.93 bits per heavy atom. The van der Waals surface area contributed by atoms with Crippen LogP contribution in [0.25, 0.3) is 0 Å². The molecule has 1 atom stereocenters. The first-order valence-electron chi connectivity index (χ1n) is 10.9. The van der Waals surface area contributed by atoms with E-state index >= 15 is 0 Å². The number of carbonyl (C=O) groups excluding carboxylic acids is 2. The predicted octanol–water partition coefficient (Wildman–Crippen LogP) is 2.97. The van der Waals surface area contributed by atoms with Crippen LogP contribution in [0.15, 0.2) is 6.20 Å². The molecule has 2 heterocycles. The molecule has 2 fully saturated rings. The van der Waals surface area contributed by atoms with Crippen molar-refractivity contribution >= 4 is 17.8 Å². The molecule has 7 nitrogen and oxygen atoms in total. The molecule has 1 aromatic rings. The van der Waals surface area contributed by atoms with E-state index in [1.807, 2.05) is 37.7 Å². The Morgan fingerprint density at radius 1 is 1.24 bits per heavy atom. The normalized spacial score (nSPS) is 21.3. The molecule has 2 amide bonds. The number of hydrogen-bond donors (Lipinski definition) is 1. The maximum atomic E-state index is 13.2. The lowest BCUT2D eigenvalue weighted by Gasteiger charge is -2.35. The van der Waals surface area contributed by atoms with Crippen LogP contribution >= 0.6 is 0 Å². The fourth-order valence-corrected chi connectivity index (χ4v) is 4.52. The van der Waals surface area contributed by atoms with Gasteiger partial charge in [0.25, 0.3) is 5.91 Å². The Morgan fingerprint density at radius 3 is 2.55 bits per heavy atom. The highest BCUT2D eigenvalue weighted by molar-refractivity contribution is 5.95.